The average molecular weight is 401 g/mol. The summed E-state index contributed by atoms with van der Waals surface area (Å²) >= 11 is 0. The molecule has 0 saturated heterocycles. The molecule has 0 N–H and O–H groups in total. The Kier molecular flexibility index (Phi) is 5.75. The number of hydrogen-bond acceptors (Lipinski definition) is 3. The molecule has 2 heterocycles. The fourth-order valence-corrected chi connectivity index (χ4v) is 3.46. The third-order valence-electron chi connectivity index (χ3n) is 5.14. The van der Waals surface area contributed by atoms with Gasteiger partial charge in [0.05, 0.1) is 23.9 Å². The smallest absolute Gasteiger partial charge is 0.133 e. The summed E-state index contributed by atoms with van der Waals surface area (Å²) in [5.74, 6) is 2.65. The molecule has 2 aromatic heterocycles. The summed E-state index contributed by atoms with van der Waals surface area (Å²) in [5, 5.41) is 0. The second-order valence-electron chi connectivity index (χ2n) is 8.44. The highest BCUT2D eigenvalue weighted by Gasteiger charge is 2.13. The number of nitrogens with zero attached hydrogens (tertiary/aromatic N) is 2. The van der Waals surface area contributed by atoms with Crippen LogP contribution in [0.1, 0.15) is 44.3 Å². The van der Waals surface area contributed by atoms with Crippen LogP contribution < -0.4 is 4.74 Å². The highest BCUT2D eigenvalue weighted by atomic mass is 16.5. The van der Waals surface area contributed by atoms with E-state index < -0.39 is 0 Å². The Bertz CT molecular complexity index is 1110. The van der Waals surface area contributed by atoms with Crippen molar-refractivity contribution in [2.45, 2.75) is 39.2 Å². The zero-order chi connectivity index (χ0) is 21.0. The second kappa shape index (κ2) is 8.62. The van der Waals surface area contributed by atoms with Gasteiger partial charge in [-0.05, 0) is 65.9 Å². The highest BCUT2D eigenvalue weighted by Crippen LogP contribution is 2.24. The fourth-order valence-electron chi connectivity index (χ4n) is 3.46. The Balaban J connectivity index is 1.42. The zero-order valence-electron chi connectivity index (χ0n) is 17.8. The van der Waals surface area contributed by atoms with E-state index >= 15 is 0 Å². The predicted octanol–water partition coefficient (Wildman–Crippen LogP) is 6.57. The van der Waals surface area contributed by atoms with Crippen LogP contribution in [0.5, 0.6) is 5.75 Å². The first kappa shape index (κ1) is 20.0. The van der Waals surface area contributed by atoms with E-state index in [1.807, 2.05) is 42.5 Å². The molecule has 0 atom stereocenters. The van der Waals surface area contributed by atoms with Crippen molar-refractivity contribution in [3.63, 3.8) is 0 Å². The van der Waals surface area contributed by atoms with Crippen LogP contribution >= 0.6 is 0 Å². The number of rotatable bonds is 7. The summed E-state index contributed by atoms with van der Waals surface area (Å²) in [7, 11) is 0. The number of fused-ring (bicyclic) bond motifs is 1. The monoisotopic (exact) mass is 400 g/mol. The molecular weight excluding hydrogens is 372 g/mol. The highest BCUT2D eigenvalue weighted by molar-refractivity contribution is 5.79. The molecule has 4 rings (SSSR count). The predicted molar refractivity (Wildman–Crippen MR) is 123 cm³/mol. The van der Waals surface area contributed by atoms with Crippen LogP contribution in [0, 0.1) is 0 Å². The van der Waals surface area contributed by atoms with Gasteiger partial charge in [0, 0.05) is 6.54 Å². The Labute approximate surface area is 177 Å². The number of aryl methyl sites for hydroxylation is 1. The molecule has 4 nitrogen and oxygen atoms in total. The van der Waals surface area contributed by atoms with Crippen molar-refractivity contribution in [1.29, 1.82) is 0 Å². The van der Waals surface area contributed by atoms with Crippen LogP contribution in [-0.4, -0.2) is 16.2 Å². The van der Waals surface area contributed by atoms with Crippen LogP contribution in [0.4, 0.5) is 0 Å². The lowest BCUT2D eigenvalue weighted by Crippen LogP contribution is -2.10. The number of imidazole rings is 1. The lowest BCUT2D eigenvalue weighted by atomic mass is 9.87. The SMILES string of the molecule is CC(C)(C)c1ccc(OCCCn2c(/C=C/c3ccco3)nc3ccccc32)cc1. The van der Waals surface area contributed by atoms with E-state index in [9.17, 15) is 0 Å². The number of aromatic nitrogens is 2. The van der Waals surface area contributed by atoms with Gasteiger partial charge in [0.25, 0.3) is 0 Å². The molecule has 0 spiro atoms. The van der Waals surface area contributed by atoms with Gasteiger partial charge in [-0.15, -0.1) is 0 Å². The standard InChI is InChI=1S/C26H28N2O2/c1-26(2,3)20-11-13-22(14-12-20)30-19-7-17-28-24-10-5-4-9-23(24)27-25(28)16-15-21-8-6-18-29-21/h4-6,8-16,18H,7,17,19H2,1-3H3/b16-15+. The van der Waals surface area contributed by atoms with E-state index in [2.05, 4.69) is 55.7 Å². The zero-order valence-corrected chi connectivity index (χ0v) is 17.8. The number of ether oxygens (including phenoxy) is 1. The van der Waals surface area contributed by atoms with Crippen LogP contribution in [0.25, 0.3) is 23.2 Å². The maximum absolute atomic E-state index is 5.98. The Morgan fingerprint density at radius 2 is 1.77 bits per heavy atom. The van der Waals surface area contributed by atoms with Gasteiger partial charge in [0.1, 0.15) is 17.3 Å². The summed E-state index contributed by atoms with van der Waals surface area (Å²) < 4.78 is 13.6. The maximum atomic E-state index is 5.98. The van der Waals surface area contributed by atoms with Gasteiger partial charge in [-0.3, -0.25) is 0 Å². The maximum Gasteiger partial charge on any atom is 0.133 e. The molecule has 0 unspecified atom stereocenters. The number of benzene rings is 2. The van der Waals surface area contributed by atoms with E-state index in [0.29, 0.717) is 6.61 Å². The summed E-state index contributed by atoms with van der Waals surface area (Å²) in [4.78, 5) is 4.78. The molecule has 4 heteroatoms. The molecule has 154 valence electrons. The number of para-hydroxylation sites is 2. The third-order valence-corrected chi connectivity index (χ3v) is 5.14. The van der Waals surface area contributed by atoms with Crippen molar-refractivity contribution in [3.05, 3.63) is 84.1 Å². The van der Waals surface area contributed by atoms with Crippen LogP contribution in [0.3, 0.4) is 0 Å². The largest absolute Gasteiger partial charge is 0.494 e. The Morgan fingerprint density at radius 3 is 2.50 bits per heavy atom. The Morgan fingerprint density at radius 1 is 0.967 bits per heavy atom. The molecule has 0 amide bonds. The molecule has 0 bridgehead atoms. The molecule has 0 aliphatic rings. The van der Waals surface area contributed by atoms with Crippen molar-refractivity contribution in [2.75, 3.05) is 6.61 Å². The molecule has 0 saturated carbocycles. The summed E-state index contributed by atoms with van der Waals surface area (Å²) in [6.45, 7) is 8.14. The molecule has 0 radical (unpaired) electrons. The van der Waals surface area contributed by atoms with Crippen LogP contribution in [0.15, 0.2) is 71.3 Å². The molecule has 30 heavy (non-hydrogen) atoms. The first-order valence-electron chi connectivity index (χ1n) is 10.4. The summed E-state index contributed by atoms with van der Waals surface area (Å²) in [5.41, 5.74) is 3.59. The second-order valence-corrected chi connectivity index (χ2v) is 8.44. The summed E-state index contributed by atoms with van der Waals surface area (Å²) in [6.07, 6.45) is 6.52. The molecule has 4 aromatic rings. The van der Waals surface area contributed by atoms with Crippen molar-refractivity contribution >= 4 is 23.2 Å². The third kappa shape index (κ3) is 4.65. The van der Waals surface area contributed by atoms with Crippen LogP contribution in [0.2, 0.25) is 0 Å². The molecule has 2 aromatic carbocycles. The van der Waals surface area contributed by atoms with Gasteiger partial charge in [-0.25, -0.2) is 4.98 Å². The molecule has 0 aliphatic carbocycles. The van der Waals surface area contributed by atoms with E-state index in [0.717, 1.165) is 41.3 Å². The molecule has 0 fully saturated rings. The normalized spacial score (nSPS) is 12.1. The van der Waals surface area contributed by atoms with Gasteiger partial charge < -0.3 is 13.7 Å². The summed E-state index contributed by atoms with van der Waals surface area (Å²) in [6, 6.07) is 20.5. The van der Waals surface area contributed by atoms with Gasteiger partial charge in [-0.1, -0.05) is 45.0 Å². The Hall–Kier alpha value is -3.27. The van der Waals surface area contributed by atoms with Crippen molar-refractivity contribution in [3.8, 4) is 5.75 Å². The van der Waals surface area contributed by atoms with Gasteiger partial charge in [-0.2, -0.15) is 0 Å². The van der Waals surface area contributed by atoms with Gasteiger partial charge in [0.2, 0.25) is 0 Å². The van der Waals surface area contributed by atoms with Gasteiger partial charge in [0.15, 0.2) is 0 Å². The minimum Gasteiger partial charge on any atom is -0.494 e. The number of furan rings is 1. The van der Waals surface area contributed by atoms with Crippen LogP contribution in [-0.2, 0) is 12.0 Å². The van der Waals surface area contributed by atoms with E-state index in [4.69, 9.17) is 14.1 Å². The number of hydrogen-bond donors (Lipinski definition) is 0. The van der Waals surface area contributed by atoms with Crippen molar-refractivity contribution in [1.82, 2.24) is 9.55 Å². The lowest BCUT2D eigenvalue weighted by molar-refractivity contribution is 0.302. The minimum absolute atomic E-state index is 0.153. The van der Waals surface area contributed by atoms with E-state index in [1.165, 1.54) is 5.56 Å². The minimum atomic E-state index is 0.153. The molecular formula is C26H28N2O2. The first-order valence-corrected chi connectivity index (χ1v) is 10.4. The fraction of sp³-hybridized carbons (Fsp3) is 0.269. The van der Waals surface area contributed by atoms with E-state index in [1.54, 1.807) is 6.26 Å². The lowest BCUT2D eigenvalue weighted by Gasteiger charge is -2.19. The quantitative estimate of drug-likeness (QED) is 0.330. The molecule has 0 aliphatic heterocycles. The van der Waals surface area contributed by atoms with E-state index in [-0.39, 0.29) is 5.41 Å². The van der Waals surface area contributed by atoms with Gasteiger partial charge >= 0.3 is 0 Å². The van der Waals surface area contributed by atoms with Crippen molar-refractivity contribution < 1.29 is 9.15 Å². The first-order chi connectivity index (χ1) is 14.5. The topological polar surface area (TPSA) is 40.2 Å². The average Bonchev–Trinajstić information content (AvgIpc) is 3.37. The van der Waals surface area contributed by atoms with Crippen molar-refractivity contribution in [2.24, 2.45) is 0 Å².